The Bertz CT molecular complexity index is 380. The first kappa shape index (κ1) is 11.0. The smallest absolute Gasteiger partial charge is 0.317 e. The van der Waals surface area contributed by atoms with Crippen molar-refractivity contribution in [1.82, 2.24) is 15.4 Å². The van der Waals surface area contributed by atoms with Crippen molar-refractivity contribution in [2.45, 2.75) is 33.2 Å². The highest BCUT2D eigenvalue weighted by atomic mass is 16.5. The van der Waals surface area contributed by atoms with Gasteiger partial charge in [0.1, 0.15) is 5.76 Å². The summed E-state index contributed by atoms with van der Waals surface area (Å²) in [5, 5.41) is 6.77. The molecule has 5 nitrogen and oxygen atoms in total. The van der Waals surface area contributed by atoms with E-state index < -0.39 is 0 Å². The lowest BCUT2D eigenvalue weighted by atomic mass is 10.0. The van der Waals surface area contributed by atoms with E-state index in [0.29, 0.717) is 0 Å². The van der Waals surface area contributed by atoms with Crippen LogP contribution in [0.1, 0.15) is 36.4 Å². The average Bonchev–Trinajstić information content (AvgIpc) is 2.58. The Hall–Kier alpha value is -1.52. The molecule has 0 spiro atoms. The first-order valence-corrected chi connectivity index (χ1v) is 5.58. The van der Waals surface area contributed by atoms with E-state index in [0.717, 1.165) is 36.5 Å². The van der Waals surface area contributed by atoms with Gasteiger partial charge in [0.05, 0.1) is 11.7 Å². The van der Waals surface area contributed by atoms with Gasteiger partial charge in [0.15, 0.2) is 0 Å². The van der Waals surface area contributed by atoms with Crippen molar-refractivity contribution in [3.8, 4) is 0 Å². The van der Waals surface area contributed by atoms with Crippen LogP contribution in [0.15, 0.2) is 4.52 Å². The molecule has 0 radical (unpaired) electrons. The van der Waals surface area contributed by atoms with E-state index in [9.17, 15) is 4.79 Å². The SMILES string of the molecule is Cc1noc(C)c1C(C)N1CCCNC1=O. The van der Waals surface area contributed by atoms with Crippen LogP contribution in [-0.4, -0.2) is 29.2 Å². The first-order chi connectivity index (χ1) is 7.61. The van der Waals surface area contributed by atoms with Gasteiger partial charge in [-0.05, 0) is 27.2 Å². The van der Waals surface area contributed by atoms with Crippen LogP contribution in [0.2, 0.25) is 0 Å². The second-order valence-corrected chi connectivity index (χ2v) is 4.19. The van der Waals surface area contributed by atoms with Crippen molar-refractivity contribution in [1.29, 1.82) is 0 Å². The van der Waals surface area contributed by atoms with E-state index in [1.54, 1.807) is 0 Å². The van der Waals surface area contributed by atoms with E-state index >= 15 is 0 Å². The van der Waals surface area contributed by atoms with Gasteiger partial charge in [0.25, 0.3) is 0 Å². The molecule has 0 saturated carbocycles. The van der Waals surface area contributed by atoms with E-state index in [1.807, 2.05) is 25.7 Å². The maximum atomic E-state index is 11.7. The second kappa shape index (κ2) is 4.15. The minimum absolute atomic E-state index is 0.00116. The Kier molecular flexibility index (Phi) is 2.85. The summed E-state index contributed by atoms with van der Waals surface area (Å²) in [6.45, 7) is 7.36. The molecule has 1 N–H and O–H groups in total. The number of nitrogens with zero attached hydrogens (tertiary/aromatic N) is 2. The molecule has 16 heavy (non-hydrogen) atoms. The Morgan fingerprint density at radius 1 is 1.50 bits per heavy atom. The third-order valence-electron chi connectivity index (χ3n) is 3.09. The third-order valence-corrected chi connectivity index (χ3v) is 3.09. The number of hydrogen-bond acceptors (Lipinski definition) is 3. The van der Waals surface area contributed by atoms with Crippen molar-refractivity contribution in [2.75, 3.05) is 13.1 Å². The predicted molar refractivity (Wildman–Crippen MR) is 59.1 cm³/mol. The lowest BCUT2D eigenvalue weighted by Crippen LogP contribution is -2.47. The third kappa shape index (κ3) is 1.77. The molecule has 1 aromatic rings. The van der Waals surface area contributed by atoms with Crippen molar-refractivity contribution in [2.24, 2.45) is 0 Å². The first-order valence-electron chi connectivity index (χ1n) is 5.58. The van der Waals surface area contributed by atoms with Gasteiger partial charge in [-0.1, -0.05) is 5.16 Å². The number of nitrogens with one attached hydrogen (secondary N) is 1. The molecule has 0 aromatic carbocycles. The number of rotatable bonds is 2. The standard InChI is InChI=1S/C11H17N3O2/c1-7-10(9(3)16-13-7)8(2)14-6-4-5-12-11(14)15/h8H,4-6H2,1-3H3,(H,12,15). The van der Waals surface area contributed by atoms with Gasteiger partial charge in [-0.25, -0.2) is 4.79 Å². The zero-order valence-corrected chi connectivity index (χ0v) is 9.91. The minimum Gasteiger partial charge on any atom is -0.361 e. The van der Waals surface area contributed by atoms with E-state index in [1.165, 1.54) is 0 Å². The Labute approximate surface area is 94.8 Å². The molecule has 1 aromatic heterocycles. The fourth-order valence-corrected chi connectivity index (χ4v) is 2.26. The highest BCUT2D eigenvalue weighted by Gasteiger charge is 2.27. The van der Waals surface area contributed by atoms with Gasteiger partial charge in [-0.15, -0.1) is 0 Å². The van der Waals surface area contributed by atoms with Crippen LogP contribution in [-0.2, 0) is 0 Å². The van der Waals surface area contributed by atoms with Crippen molar-refractivity contribution in [3.05, 3.63) is 17.0 Å². The summed E-state index contributed by atoms with van der Waals surface area (Å²) in [7, 11) is 0. The Balaban J connectivity index is 2.24. The van der Waals surface area contributed by atoms with Gasteiger partial charge in [0.2, 0.25) is 0 Å². The van der Waals surface area contributed by atoms with Crippen LogP contribution < -0.4 is 5.32 Å². The second-order valence-electron chi connectivity index (χ2n) is 4.19. The predicted octanol–water partition coefficient (Wildman–Crippen LogP) is 1.77. The fourth-order valence-electron chi connectivity index (χ4n) is 2.26. The molecule has 2 amide bonds. The zero-order valence-electron chi connectivity index (χ0n) is 9.91. The van der Waals surface area contributed by atoms with E-state index in [4.69, 9.17) is 4.52 Å². The van der Waals surface area contributed by atoms with Crippen LogP contribution in [0.25, 0.3) is 0 Å². The van der Waals surface area contributed by atoms with Crippen LogP contribution in [0, 0.1) is 13.8 Å². The number of aryl methyl sites for hydroxylation is 2. The molecule has 88 valence electrons. The lowest BCUT2D eigenvalue weighted by molar-refractivity contribution is 0.165. The van der Waals surface area contributed by atoms with E-state index in [2.05, 4.69) is 10.5 Å². The molecule has 1 fully saturated rings. The Morgan fingerprint density at radius 3 is 2.81 bits per heavy atom. The molecular weight excluding hydrogens is 206 g/mol. The van der Waals surface area contributed by atoms with Gasteiger partial charge in [0, 0.05) is 18.7 Å². The average molecular weight is 223 g/mol. The minimum atomic E-state index is -0.00116. The van der Waals surface area contributed by atoms with E-state index in [-0.39, 0.29) is 12.1 Å². The summed E-state index contributed by atoms with van der Waals surface area (Å²) in [5.74, 6) is 0.795. The summed E-state index contributed by atoms with van der Waals surface area (Å²) in [6.07, 6.45) is 0.986. The summed E-state index contributed by atoms with van der Waals surface area (Å²) in [4.78, 5) is 13.5. The highest BCUT2D eigenvalue weighted by Crippen LogP contribution is 2.27. The molecule has 0 bridgehead atoms. The largest absolute Gasteiger partial charge is 0.361 e. The summed E-state index contributed by atoms with van der Waals surface area (Å²) in [6, 6.07) is 0.0188. The van der Waals surface area contributed by atoms with Gasteiger partial charge < -0.3 is 14.7 Å². The molecule has 2 heterocycles. The van der Waals surface area contributed by atoms with Gasteiger partial charge in [-0.3, -0.25) is 0 Å². The summed E-state index contributed by atoms with van der Waals surface area (Å²) in [5.41, 5.74) is 1.89. The van der Waals surface area contributed by atoms with Crippen molar-refractivity contribution >= 4 is 6.03 Å². The number of carbonyl (C=O) groups excluding carboxylic acids is 1. The molecular formula is C11H17N3O2. The molecule has 2 rings (SSSR count). The number of aromatic nitrogens is 1. The number of amides is 2. The lowest BCUT2D eigenvalue weighted by Gasteiger charge is -2.32. The monoisotopic (exact) mass is 223 g/mol. The van der Waals surface area contributed by atoms with Gasteiger partial charge >= 0.3 is 6.03 Å². The molecule has 1 aliphatic heterocycles. The molecule has 1 saturated heterocycles. The molecule has 5 heteroatoms. The fraction of sp³-hybridized carbons (Fsp3) is 0.636. The van der Waals surface area contributed by atoms with Crippen molar-refractivity contribution < 1.29 is 9.32 Å². The molecule has 1 aliphatic rings. The summed E-state index contributed by atoms with van der Waals surface area (Å²) < 4.78 is 5.13. The normalized spacial score (nSPS) is 18.4. The molecule has 0 aliphatic carbocycles. The molecule has 1 atom stereocenters. The van der Waals surface area contributed by atoms with Crippen LogP contribution >= 0.6 is 0 Å². The van der Waals surface area contributed by atoms with Crippen LogP contribution in [0.5, 0.6) is 0 Å². The Morgan fingerprint density at radius 2 is 2.25 bits per heavy atom. The van der Waals surface area contributed by atoms with Crippen LogP contribution in [0.3, 0.4) is 0 Å². The number of carbonyl (C=O) groups is 1. The molecule has 1 unspecified atom stereocenters. The zero-order chi connectivity index (χ0) is 11.7. The van der Waals surface area contributed by atoms with Crippen LogP contribution in [0.4, 0.5) is 4.79 Å². The maximum absolute atomic E-state index is 11.7. The van der Waals surface area contributed by atoms with Crippen molar-refractivity contribution in [3.63, 3.8) is 0 Å². The van der Waals surface area contributed by atoms with Gasteiger partial charge in [-0.2, -0.15) is 0 Å². The quantitative estimate of drug-likeness (QED) is 0.831. The maximum Gasteiger partial charge on any atom is 0.317 e. The topological polar surface area (TPSA) is 58.4 Å². The number of urea groups is 1. The highest BCUT2D eigenvalue weighted by molar-refractivity contribution is 5.75. The summed E-state index contributed by atoms with van der Waals surface area (Å²) >= 11 is 0. The number of hydrogen-bond donors (Lipinski definition) is 1.